The van der Waals surface area contributed by atoms with Gasteiger partial charge in [0.15, 0.2) is 0 Å². The van der Waals surface area contributed by atoms with E-state index in [0.717, 1.165) is 22.3 Å². The van der Waals surface area contributed by atoms with Crippen LogP contribution in [0.4, 0.5) is 5.69 Å². The summed E-state index contributed by atoms with van der Waals surface area (Å²) in [4.78, 5) is 30.2. The molecule has 0 aromatic heterocycles. The third kappa shape index (κ3) is 9.23. The number of sulfonamides is 1. The number of ether oxygens (including phenoxy) is 1. The van der Waals surface area contributed by atoms with Crippen LogP contribution in [-0.4, -0.2) is 51.4 Å². The summed E-state index contributed by atoms with van der Waals surface area (Å²) in [7, 11) is -2.61. The molecule has 0 aliphatic carbocycles. The number of benzene rings is 4. The quantitative estimate of drug-likeness (QED) is 0.165. The number of carbonyl (C=O) groups is 2. The van der Waals surface area contributed by atoms with E-state index in [2.05, 4.69) is 5.32 Å². The molecule has 4 rings (SSSR count). The lowest BCUT2D eigenvalue weighted by Crippen LogP contribution is -2.53. The standard InChI is InChI=1S/C38H45N3O5S/c1-6-32-16-10-11-18-35(32)41(47(44,45)34-21-19-29(4)20-22-34)27-37(42)40(26-31-15-12-17-33(23-31)46-5)36(38(43)39-25-28(2)3)24-30-13-8-7-9-14-30/h7-23,28,36H,6,24-27H2,1-5H3,(H,39,43)/t36-/m0/s1. The molecular weight excluding hydrogens is 611 g/mol. The van der Waals surface area contributed by atoms with Gasteiger partial charge in [-0.2, -0.15) is 0 Å². The van der Waals surface area contributed by atoms with Crippen LogP contribution in [0.5, 0.6) is 5.75 Å². The molecule has 1 atom stereocenters. The number of carbonyl (C=O) groups excluding carboxylic acids is 2. The Kier molecular flexibility index (Phi) is 12.2. The average Bonchev–Trinajstić information content (AvgIpc) is 3.08. The zero-order chi connectivity index (χ0) is 34.0. The summed E-state index contributed by atoms with van der Waals surface area (Å²) in [6.45, 7) is 7.84. The van der Waals surface area contributed by atoms with Gasteiger partial charge in [0.25, 0.3) is 10.0 Å². The monoisotopic (exact) mass is 655 g/mol. The third-order valence-electron chi connectivity index (χ3n) is 7.97. The Labute approximate surface area is 279 Å². The summed E-state index contributed by atoms with van der Waals surface area (Å²) in [5.74, 6) is -0.00509. The Balaban J connectivity index is 1.83. The summed E-state index contributed by atoms with van der Waals surface area (Å²) in [5, 5.41) is 3.02. The Hall–Kier alpha value is -4.63. The highest BCUT2D eigenvalue weighted by Crippen LogP contribution is 2.29. The molecule has 0 fully saturated rings. The lowest BCUT2D eigenvalue weighted by atomic mass is 10.0. The van der Waals surface area contributed by atoms with Crippen molar-refractivity contribution >= 4 is 27.5 Å². The Morgan fingerprint density at radius 3 is 2.17 bits per heavy atom. The van der Waals surface area contributed by atoms with Gasteiger partial charge in [-0.05, 0) is 66.3 Å². The fourth-order valence-corrected chi connectivity index (χ4v) is 6.80. The summed E-state index contributed by atoms with van der Waals surface area (Å²) in [6, 6.07) is 29.7. The van der Waals surface area contributed by atoms with Crippen LogP contribution in [0.2, 0.25) is 0 Å². The second kappa shape index (κ2) is 16.3. The van der Waals surface area contributed by atoms with Gasteiger partial charge in [-0.25, -0.2) is 8.42 Å². The highest BCUT2D eigenvalue weighted by molar-refractivity contribution is 7.92. The van der Waals surface area contributed by atoms with Crippen LogP contribution in [-0.2, 0) is 39.0 Å². The second-order valence-corrected chi connectivity index (χ2v) is 13.9. The van der Waals surface area contributed by atoms with Crippen LogP contribution in [0, 0.1) is 12.8 Å². The van der Waals surface area contributed by atoms with E-state index in [1.54, 1.807) is 43.5 Å². The van der Waals surface area contributed by atoms with Gasteiger partial charge in [-0.15, -0.1) is 0 Å². The number of hydrogen-bond donors (Lipinski definition) is 1. The Morgan fingerprint density at radius 2 is 1.51 bits per heavy atom. The van der Waals surface area contributed by atoms with E-state index in [0.29, 0.717) is 24.4 Å². The number of nitrogens with zero attached hydrogens (tertiary/aromatic N) is 2. The summed E-state index contributed by atoms with van der Waals surface area (Å²) in [5.41, 5.74) is 3.75. The van der Waals surface area contributed by atoms with E-state index >= 15 is 0 Å². The van der Waals surface area contributed by atoms with Gasteiger partial charge in [0, 0.05) is 19.5 Å². The van der Waals surface area contributed by atoms with Gasteiger partial charge >= 0.3 is 0 Å². The Bertz CT molecular complexity index is 1740. The molecule has 0 unspecified atom stereocenters. The highest BCUT2D eigenvalue weighted by atomic mass is 32.2. The number of anilines is 1. The van der Waals surface area contributed by atoms with Gasteiger partial charge in [-0.3, -0.25) is 13.9 Å². The number of methoxy groups -OCH3 is 1. The molecule has 0 aliphatic rings. The van der Waals surface area contributed by atoms with Crippen molar-refractivity contribution in [2.75, 3.05) is 24.5 Å². The average molecular weight is 656 g/mol. The predicted octanol–water partition coefficient (Wildman–Crippen LogP) is 6.17. The number of hydrogen-bond acceptors (Lipinski definition) is 5. The molecule has 9 heteroatoms. The van der Waals surface area contributed by atoms with Crippen molar-refractivity contribution in [1.29, 1.82) is 0 Å². The van der Waals surface area contributed by atoms with E-state index in [4.69, 9.17) is 4.74 Å². The maximum atomic E-state index is 14.7. The van der Waals surface area contributed by atoms with Crippen LogP contribution < -0.4 is 14.4 Å². The van der Waals surface area contributed by atoms with E-state index in [1.807, 2.05) is 94.4 Å². The molecule has 0 saturated carbocycles. The molecule has 0 radical (unpaired) electrons. The molecule has 0 saturated heterocycles. The van der Waals surface area contributed by atoms with Gasteiger partial charge in [0.1, 0.15) is 18.3 Å². The molecule has 2 amide bonds. The molecule has 8 nitrogen and oxygen atoms in total. The fourth-order valence-electron chi connectivity index (χ4n) is 5.35. The molecule has 4 aromatic rings. The largest absolute Gasteiger partial charge is 0.497 e. The molecule has 47 heavy (non-hydrogen) atoms. The lowest BCUT2D eigenvalue weighted by molar-refractivity contribution is -0.140. The maximum absolute atomic E-state index is 14.7. The van der Waals surface area contributed by atoms with Crippen molar-refractivity contribution in [3.05, 3.63) is 125 Å². The first-order chi connectivity index (χ1) is 22.5. The van der Waals surface area contributed by atoms with Crippen molar-refractivity contribution in [1.82, 2.24) is 10.2 Å². The molecule has 248 valence electrons. The molecule has 0 bridgehead atoms. The van der Waals surface area contributed by atoms with Crippen molar-refractivity contribution < 1.29 is 22.7 Å². The normalized spacial score (nSPS) is 12.0. The summed E-state index contributed by atoms with van der Waals surface area (Å²) in [6.07, 6.45) is 0.808. The van der Waals surface area contributed by atoms with E-state index in [9.17, 15) is 18.0 Å². The van der Waals surface area contributed by atoms with Gasteiger partial charge in [0.05, 0.1) is 17.7 Å². The van der Waals surface area contributed by atoms with E-state index in [-0.39, 0.29) is 29.7 Å². The Morgan fingerprint density at radius 1 is 0.851 bits per heavy atom. The topological polar surface area (TPSA) is 96.0 Å². The van der Waals surface area contributed by atoms with Crippen LogP contribution in [0.3, 0.4) is 0 Å². The predicted molar refractivity (Wildman–Crippen MR) is 187 cm³/mol. The zero-order valence-corrected chi connectivity index (χ0v) is 28.7. The summed E-state index contributed by atoms with van der Waals surface area (Å²) < 4.78 is 35.3. The fraction of sp³-hybridized carbons (Fsp3) is 0.316. The minimum atomic E-state index is -4.18. The molecule has 1 N–H and O–H groups in total. The molecule has 4 aromatic carbocycles. The van der Waals surface area contributed by atoms with Gasteiger partial charge in [-0.1, -0.05) is 99.1 Å². The van der Waals surface area contributed by atoms with Crippen LogP contribution in [0.1, 0.15) is 43.0 Å². The lowest BCUT2D eigenvalue weighted by Gasteiger charge is -2.34. The number of amides is 2. The first kappa shape index (κ1) is 35.2. The third-order valence-corrected chi connectivity index (χ3v) is 9.75. The second-order valence-electron chi connectivity index (χ2n) is 12.0. The van der Waals surface area contributed by atoms with Crippen LogP contribution >= 0.6 is 0 Å². The molecular formula is C38H45N3O5S. The van der Waals surface area contributed by atoms with Gasteiger partial charge in [0.2, 0.25) is 11.8 Å². The minimum Gasteiger partial charge on any atom is -0.497 e. The van der Waals surface area contributed by atoms with Gasteiger partial charge < -0.3 is 15.0 Å². The molecule has 0 aliphatic heterocycles. The smallest absolute Gasteiger partial charge is 0.264 e. The van der Waals surface area contributed by atoms with E-state index in [1.165, 1.54) is 9.21 Å². The first-order valence-corrected chi connectivity index (χ1v) is 17.4. The molecule has 0 heterocycles. The van der Waals surface area contributed by atoms with Crippen LogP contribution in [0.15, 0.2) is 108 Å². The minimum absolute atomic E-state index is 0.0659. The first-order valence-electron chi connectivity index (χ1n) is 15.9. The van der Waals surface area contributed by atoms with Crippen LogP contribution in [0.25, 0.3) is 0 Å². The van der Waals surface area contributed by atoms with Crippen molar-refractivity contribution in [2.45, 2.75) is 58.0 Å². The van der Waals surface area contributed by atoms with Crippen molar-refractivity contribution in [3.8, 4) is 5.75 Å². The number of para-hydroxylation sites is 1. The van der Waals surface area contributed by atoms with Crippen molar-refractivity contribution in [3.63, 3.8) is 0 Å². The number of nitrogens with one attached hydrogen (secondary N) is 1. The van der Waals surface area contributed by atoms with E-state index < -0.39 is 28.5 Å². The summed E-state index contributed by atoms with van der Waals surface area (Å²) >= 11 is 0. The zero-order valence-electron chi connectivity index (χ0n) is 27.8. The SMILES string of the molecule is CCc1ccccc1N(CC(=O)N(Cc1cccc(OC)c1)[C@@H](Cc1ccccc1)C(=O)NCC(C)C)S(=O)(=O)c1ccc(C)cc1. The number of aryl methyl sites for hydroxylation is 2. The molecule has 0 spiro atoms. The highest BCUT2D eigenvalue weighted by Gasteiger charge is 2.35. The number of rotatable bonds is 15. The maximum Gasteiger partial charge on any atom is 0.264 e. The van der Waals surface area contributed by atoms with Crippen molar-refractivity contribution in [2.24, 2.45) is 5.92 Å².